The third-order valence-corrected chi connectivity index (χ3v) is 3.53. The van der Waals surface area contributed by atoms with Gasteiger partial charge in [0.2, 0.25) is 0 Å². The van der Waals surface area contributed by atoms with Gasteiger partial charge in [-0.2, -0.15) is 0 Å². The number of amides is 1. The van der Waals surface area contributed by atoms with Gasteiger partial charge in [-0.15, -0.1) is 0 Å². The fraction of sp³-hybridized carbons (Fsp3) is 0.412. The molecule has 1 aromatic carbocycles. The second-order valence-electron chi connectivity index (χ2n) is 5.38. The Morgan fingerprint density at radius 1 is 1.36 bits per heavy atom. The number of benzene rings is 1. The van der Waals surface area contributed by atoms with Crippen LogP contribution in [0.15, 0.2) is 30.4 Å². The van der Waals surface area contributed by atoms with E-state index in [9.17, 15) is 9.59 Å². The predicted octanol–water partition coefficient (Wildman–Crippen LogP) is 2.84. The molecule has 0 aliphatic heterocycles. The lowest BCUT2D eigenvalue weighted by Crippen LogP contribution is -2.22. The Morgan fingerprint density at radius 3 is 2.86 bits per heavy atom. The topological polar surface area (TPSA) is 64.6 Å². The number of carbonyl (C=O) groups is 2. The smallest absolute Gasteiger partial charge is 0.306 e. The van der Waals surface area contributed by atoms with Gasteiger partial charge < -0.3 is 14.8 Å². The molecule has 1 N–H and O–H groups in total. The zero-order chi connectivity index (χ0) is 15.9. The van der Waals surface area contributed by atoms with Gasteiger partial charge in [0.1, 0.15) is 5.75 Å². The van der Waals surface area contributed by atoms with Gasteiger partial charge >= 0.3 is 5.97 Å². The molecule has 0 radical (unpaired) electrons. The van der Waals surface area contributed by atoms with Crippen LogP contribution in [0, 0.1) is 12.8 Å². The minimum Gasteiger partial charge on any atom is -0.495 e. The molecule has 0 unspecified atom stereocenters. The zero-order valence-corrected chi connectivity index (χ0v) is 12.9. The zero-order valence-electron chi connectivity index (χ0n) is 12.9. The van der Waals surface area contributed by atoms with Crippen LogP contribution in [0.3, 0.4) is 0 Å². The maximum atomic E-state index is 11.9. The summed E-state index contributed by atoms with van der Waals surface area (Å²) in [6, 6.07) is 5.48. The third-order valence-electron chi connectivity index (χ3n) is 3.53. The Labute approximate surface area is 130 Å². The largest absolute Gasteiger partial charge is 0.495 e. The lowest BCUT2D eigenvalue weighted by atomic mass is 10.1. The highest BCUT2D eigenvalue weighted by Crippen LogP contribution is 2.25. The molecule has 1 atom stereocenters. The first-order valence-electron chi connectivity index (χ1n) is 7.35. The lowest BCUT2D eigenvalue weighted by molar-refractivity contribution is -0.147. The van der Waals surface area contributed by atoms with E-state index in [4.69, 9.17) is 9.47 Å². The van der Waals surface area contributed by atoms with E-state index < -0.39 is 0 Å². The molecule has 0 aromatic heterocycles. The van der Waals surface area contributed by atoms with Crippen LogP contribution in [0.25, 0.3) is 0 Å². The second kappa shape index (κ2) is 7.64. The van der Waals surface area contributed by atoms with Crippen molar-refractivity contribution in [2.75, 3.05) is 19.0 Å². The highest BCUT2D eigenvalue weighted by Gasteiger charge is 2.16. The third kappa shape index (κ3) is 4.62. The number of ether oxygens (including phenoxy) is 2. The number of hydrogen-bond donors (Lipinski definition) is 1. The summed E-state index contributed by atoms with van der Waals surface area (Å²) < 4.78 is 10.2. The molecule has 2 rings (SSSR count). The summed E-state index contributed by atoms with van der Waals surface area (Å²) in [6.45, 7) is 1.64. The molecule has 118 valence electrons. The van der Waals surface area contributed by atoms with Crippen molar-refractivity contribution >= 4 is 17.6 Å². The Hall–Kier alpha value is -2.30. The fourth-order valence-corrected chi connectivity index (χ4v) is 2.39. The number of hydrogen-bond acceptors (Lipinski definition) is 4. The summed E-state index contributed by atoms with van der Waals surface area (Å²) >= 11 is 0. The molecular weight excluding hydrogens is 282 g/mol. The van der Waals surface area contributed by atoms with Gasteiger partial charge in [0.15, 0.2) is 6.61 Å². The summed E-state index contributed by atoms with van der Waals surface area (Å²) in [5, 5.41) is 2.70. The maximum Gasteiger partial charge on any atom is 0.306 e. The SMILES string of the molecule is COc1ccc(C)cc1NC(=O)COC(=O)C[C@@H]1C=CCC1. The van der Waals surface area contributed by atoms with Crippen LogP contribution in [-0.2, 0) is 14.3 Å². The van der Waals surface area contributed by atoms with Crippen LogP contribution in [0.4, 0.5) is 5.69 Å². The normalized spacial score (nSPS) is 16.4. The average Bonchev–Trinajstić information content (AvgIpc) is 2.98. The minimum atomic E-state index is -0.376. The van der Waals surface area contributed by atoms with E-state index in [1.807, 2.05) is 25.1 Å². The van der Waals surface area contributed by atoms with Crippen LogP contribution in [0.5, 0.6) is 5.75 Å². The summed E-state index contributed by atoms with van der Waals surface area (Å²) in [5.41, 5.74) is 1.57. The molecule has 1 aliphatic carbocycles. The monoisotopic (exact) mass is 303 g/mol. The predicted molar refractivity (Wildman–Crippen MR) is 83.8 cm³/mol. The number of aryl methyl sites for hydroxylation is 1. The van der Waals surface area contributed by atoms with Crippen LogP contribution < -0.4 is 10.1 Å². The van der Waals surface area contributed by atoms with Crippen molar-refractivity contribution in [3.8, 4) is 5.75 Å². The maximum absolute atomic E-state index is 11.9. The van der Waals surface area contributed by atoms with Gasteiger partial charge in [-0.1, -0.05) is 18.2 Å². The second-order valence-corrected chi connectivity index (χ2v) is 5.38. The van der Waals surface area contributed by atoms with Crippen molar-refractivity contribution < 1.29 is 19.1 Å². The molecule has 1 amide bonds. The lowest BCUT2D eigenvalue weighted by Gasteiger charge is -2.12. The molecule has 0 fully saturated rings. The molecule has 0 saturated heterocycles. The molecule has 22 heavy (non-hydrogen) atoms. The highest BCUT2D eigenvalue weighted by molar-refractivity contribution is 5.94. The summed E-state index contributed by atoms with van der Waals surface area (Å²) in [7, 11) is 1.54. The van der Waals surface area contributed by atoms with Crippen molar-refractivity contribution in [2.45, 2.75) is 26.2 Å². The minimum absolute atomic E-state index is 0.243. The van der Waals surface area contributed by atoms with Crippen LogP contribution in [-0.4, -0.2) is 25.6 Å². The Bertz CT molecular complexity index is 580. The Morgan fingerprint density at radius 2 is 2.18 bits per heavy atom. The summed E-state index contributed by atoms with van der Waals surface area (Å²) in [5.74, 6) is 0.0934. The first-order valence-corrected chi connectivity index (χ1v) is 7.35. The molecule has 0 heterocycles. The molecule has 5 nitrogen and oxygen atoms in total. The van der Waals surface area contributed by atoms with Gasteiger partial charge in [0, 0.05) is 0 Å². The average molecular weight is 303 g/mol. The summed E-state index contributed by atoms with van der Waals surface area (Å²) in [4.78, 5) is 23.5. The standard InChI is InChI=1S/C17H21NO4/c1-12-7-8-15(21-2)14(9-12)18-16(19)11-22-17(20)10-13-5-3-4-6-13/h3,5,7-9,13H,4,6,10-11H2,1-2H3,(H,18,19)/t13-/m1/s1. The Balaban J connectivity index is 1.81. The number of anilines is 1. The van der Waals surface area contributed by atoms with Crippen molar-refractivity contribution in [1.82, 2.24) is 0 Å². The molecule has 1 aromatic rings. The summed E-state index contributed by atoms with van der Waals surface area (Å²) in [6.07, 6.45) is 6.40. The molecular formula is C17H21NO4. The number of nitrogens with one attached hydrogen (secondary N) is 1. The molecule has 5 heteroatoms. The van der Waals surface area contributed by atoms with Gasteiger partial charge in [-0.25, -0.2) is 0 Å². The van der Waals surface area contributed by atoms with Crippen molar-refractivity contribution in [1.29, 1.82) is 0 Å². The van der Waals surface area contributed by atoms with E-state index in [1.165, 1.54) is 7.11 Å². The molecule has 0 saturated carbocycles. The first-order chi connectivity index (χ1) is 10.6. The Kier molecular flexibility index (Phi) is 5.58. The first kappa shape index (κ1) is 16.1. The van der Waals surface area contributed by atoms with Crippen LogP contribution in [0.2, 0.25) is 0 Å². The number of rotatable bonds is 6. The van der Waals surface area contributed by atoms with E-state index in [0.717, 1.165) is 18.4 Å². The van der Waals surface area contributed by atoms with Gasteiger partial charge in [-0.05, 0) is 43.4 Å². The van der Waals surface area contributed by atoms with Gasteiger partial charge in [0.25, 0.3) is 5.91 Å². The number of carbonyl (C=O) groups excluding carboxylic acids is 2. The van der Waals surface area contributed by atoms with E-state index in [1.54, 1.807) is 6.07 Å². The fourth-order valence-electron chi connectivity index (χ4n) is 2.39. The highest BCUT2D eigenvalue weighted by atomic mass is 16.5. The van der Waals surface area contributed by atoms with Crippen molar-refractivity contribution in [3.05, 3.63) is 35.9 Å². The van der Waals surface area contributed by atoms with E-state index in [-0.39, 0.29) is 24.4 Å². The van der Waals surface area contributed by atoms with Gasteiger partial charge in [-0.3, -0.25) is 9.59 Å². The van der Waals surface area contributed by atoms with E-state index in [0.29, 0.717) is 17.9 Å². The molecule has 1 aliphatic rings. The number of esters is 1. The number of methoxy groups -OCH3 is 1. The van der Waals surface area contributed by atoms with Crippen molar-refractivity contribution in [3.63, 3.8) is 0 Å². The molecule has 0 spiro atoms. The van der Waals surface area contributed by atoms with E-state index in [2.05, 4.69) is 11.4 Å². The van der Waals surface area contributed by atoms with Crippen molar-refractivity contribution in [2.24, 2.45) is 5.92 Å². The van der Waals surface area contributed by atoms with Gasteiger partial charge in [0.05, 0.1) is 19.2 Å². The van der Waals surface area contributed by atoms with Crippen LogP contribution >= 0.6 is 0 Å². The van der Waals surface area contributed by atoms with Crippen LogP contribution in [0.1, 0.15) is 24.8 Å². The quantitative estimate of drug-likeness (QED) is 0.648. The number of allylic oxidation sites excluding steroid dienone is 2. The van der Waals surface area contributed by atoms with E-state index >= 15 is 0 Å². The molecule has 0 bridgehead atoms.